The second kappa shape index (κ2) is 25.7. The summed E-state index contributed by atoms with van der Waals surface area (Å²) in [4.78, 5) is 23.9. The van der Waals surface area contributed by atoms with Crippen LogP contribution in [0.5, 0.6) is 0 Å². The first-order chi connectivity index (χ1) is 29.5. The van der Waals surface area contributed by atoms with Gasteiger partial charge in [0, 0.05) is 29.0 Å². The Morgan fingerprint density at radius 2 is 1.20 bits per heavy atom. The zero-order chi connectivity index (χ0) is 41.7. The molecule has 1 saturated carbocycles. The Bertz CT molecular complexity index is 1840. The molecule has 8 nitrogen and oxygen atoms in total. The highest BCUT2D eigenvalue weighted by Crippen LogP contribution is 2.40. The normalized spacial score (nSPS) is 21.1. The van der Waals surface area contributed by atoms with E-state index in [2.05, 4.69) is 49.9 Å². The maximum atomic E-state index is 13.8. The summed E-state index contributed by atoms with van der Waals surface area (Å²) in [5.74, 6) is 0.832. The molecule has 1 amide bonds. The minimum atomic E-state index is 0.0391. The van der Waals surface area contributed by atoms with Gasteiger partial charge < -0.3 is 15.4 Å². The highest BCUT2D eigenvalue weighted by molar-refractivity contribution is 7.26. The molecule has 1 unspecified atom stereocenters. The molecule has 2 aliphatic rings. The van der Waals surface area contributed by atoms with Crippen LogP contribution in [0.15, 0.2) is 30.6 Å². The number of nitrogens with zero attached hydrogens (tertiary/aromatic N) is 4. The number of rotatable bonds is 5. The van der Waals surface area contributed by atoms with Crippen molar-refractivity contribution in [2.24, 2.45) is 5.41 Å². The predicted octanol–water partition coefficient (Wildman–Crippen LogP) is 14.3. The van der Waals surface area contributed by atoms with E-state index in [9.17, 15) is 4.79 Å². The van der Waals surface area contributed by atoms with E-state index >= 15 is 0 Å². The summed E-state index contributed by atoms with van der Waals surface area (Å²) in [6.45, 7) is 6.34. The van der Waals surface area contributed by atoms with Crippen LogP contribution in [0.25, 0.3) is 20.4 Å². The molecule has 3 aromatic heterocycles. The van der Waals surface area contributed by atoms with Crippen molar-refractivity contribution >= 4 is 43.5 Å². The quantitative estimate of drug-likeness (QED) is 0.206. The Morgan fingerprint density at radius 3 is 1.72 bits per heavy atom. The molecule has 9 heteroatoms. The van der Waals surface area contributed by atoms with Gasteiger partial charge in [0.15, 0.2) is 0 Å². The smallest absolute Gasteiger partial charge is 0.251 e. The maximum absolute atomic E-state index is 13.8. The Balaban J connectivity index is 0.995. The topological polar surface area (TPSA) is 102 Å². The summed E-state index contributed by atoms with van der Waals surface area (Å²) in [5, 5.41) is 16.9. The van der Waals surface area contributed by atoms with Crippen molar-refractivity contribution in [3.05, 3.63) is 53.0 Å². The van der Waals surface area contributed by atoms with Crippen LogP contribution in [0.4, 0.5) is 5.82 Å². The number of hydrogen-bond donors (Lipinski definition) is 2. The minimum absolute atomic E-state index is 0.0391. The number of nitrogens with one attached hydrogen (secondary N) is 2. The van der Waals surface area contributed by atoms with Gasteiger partial charge in [0.1, 0.15) is 17.0 Å². The number of fused-ring (bicyclic) bond motifs is 3. The number of aryl methyl sites for hydroxylation is 2. The zero-order valence-corrected chi connectivity index (χ0v) is 38.4. The fourth-order valence-corrected chi connectivity index (χ4v) is 10.8. The summed E-state index contributed by atoms with van der Waals surface area (Å²) in [6.07, 6.45) is 41.0. The lowest BCUT2D eigenvalue weighted by Gasteiger charge is -2.44. The molecule has 4 heterocycles. The third kappa shape index (κ3) is 14.7. The molecule has 1 spiro atoms. The van der Waals surface area contributed by atoms with Crippen LogP contribution in [0.1, 0.15) is 213 Å². The van der Waals surface area contributed by atoms with Crippen LogP contribution in [-0.4, -0.2) is 45.3 Å². The third-order valence-corrected chi connectivity index (χ3v) is 14.7. The van der Waals surface area contributed by atoms with Crippen molar-refractivity contribution in [2.45, 2.75) is 213 Å². The van der Waals surface area contributed by atoms with Gasteiger partial charge in [-0.05, 0) is 56.4 Å². The largest absolute Gasteiger partial charge is 0.380 e. The average molecular weight is 839 g/mol. The number of hydrogen-bond acceptors (Lipinski definition) is 8. The molecule has 4 aromatic rings. The molecular formula is C51H78N6O2S. The lowest BCUT2D eigenvalue weighted by Crippen LogP contribution is -2.48. The van der Waals surface area contributed by atoms with E-state index in [1.54, 1.807) is 17.7 Å². The number of benzene rings is 1. The van der Waals surface area contributed by atoms with Crippen molar-refractivity contribution in [1.29, 1.82) is 0 Å². The van der Waals surface area contributed by atoms with Crippen LogP contribution in [0, 0.1) is 19.3 Å². The van der Waals surface area contributed by atoms with E-state index in [4.69, 9.17) is 4.74 Å². The highest BCUT2D eigenvalue weighted by atomic mass is 32.1. The van der Waals surface area contributed by atoms with E-state index in [0.717, 1.165) is 74.7 Å². The minimum Gasteiger partial charge on any atom is -0.380 e. The predicted molar refractivity (Wildman–Crippen MR) is 252 cm³/mol. The van der Waals surface area contributed by atoms with Gasteiger partial charge in [-0.25, -0.2) is 9.97 Å². The van der Waals surface area contributed by atoms with Crippen LogP contribution in [0.3, 0.4) is 0 Å². The lowest BCUT2D eigenvalue weighted by molar-refractivity contribution is -0.126. The van der Waals surface area contributed by atoms with Gasteiger partial charge in [0.05, 0.1) is 29.1 Å². The number of carbonyl (C=O) groups excluding carboxylic acids is 1. The molecule has 60 heavy (non-hydrogen) atoms. The van der Waals surface area contributed by atoms with E-state index < -0.39 is 0 Å². The van der Waals surface area contributed by atoms with Crippen molar-refractivity contribution in [3.63, 3.8) is 0 Å². The van der Waals surface area contributed by atoms with Crippen LogP contribution < -0.4 is 10.6 Å². The standard InChI is InChI=1S/C51H78N6O2S/c1-40-41(2)56-57-50-45(40)46-47(60-50)48(54-39-53-46)52-36-42-30-32-43(33-31-42)49(58)55-44-29-27-25-23-21-19-17-15-13-11-9-7-5-3-4-6-8-10-12-14-16-18-20-22-24-26-28-34-51(35-44)37-59-38-51/h30-33,39,44H,3-29,34-38H2,1-2H3,(H,55,58)(H,52,53,54). The van der Waals surface area contributed by atoms with Gasteiger partial charge >= 0.3 is 0 Å². The number of anilines is 1. The first kappa shape index (κ1) is 46.3. The van der Waals surface area contributed by atoms with Crippen LogP contribution in [0.2, 0.25) is 0 Å². The Morgan fingerprint density at radius 1 is 0.683 bits per heavy atom. The van der Waals surface area contributed by atoms with Gasteiger partial charge in [-0.3, -0.25) is 4.79 Å². The lowest BCUT2D eigenvalue weighted by atomic mass is 9.74. The molecule has 1 aliphatic heterocycles. The van der Waals surface area contributed by atoms with E-state index in [-0.39, 0.29) is 17.4 Å². The van der Waals surface area contributed by atoms with Crippen LogP contribution >= 0.6 is 11.3 Å². The number of carbonyl (C=O) groups is 1. The molecule has 2 fully saturated rings. The Kier molecular flexibility index (Phi) is 19.8. The molecule has 1 saturated heterocycles. The first-order valence-corrected chi connectivity index (χ1v) is 25.4. The SMILES string of the molecule is Cc1nnc2sc3c(NCc4ccc(C(=O)NC5CCCCCCCCCCCCCCCCCCCCCCCCCCCCC6(COC6)C5)cc4)ncnc3c2c1C. The number of thiophene rings is 1. The summed E-state index contributed by atoms with van der Waals surface area (Å²) >= 11 is 1.57. The second-order valence-corrected chi connectivity index (χ2v) is 19.7. The maximum Gasteiger partial charge on any atom is 0.251 e. The average Bonchev–Trinajstić information content (AvgIpc) is 3.64. The summed E-state index contributed by atoms with van der Waals surface area (Å²) < 4.78 is 6.88. The molecule has 1 aromatic carbocycles. The van der Waals surface area contributed by atoms with Crippen molar-refractivity contribution in [1.82, 2.24) is 25.5 Å². The Labute approximate surface area is 366 Å². The molecule has 1 atom stereocenters. The van der Waals surface area contributed by atoms with Crippen molar-refractivity contribution in [2.75, 3.05) is 18.5 Å². The summed E-state index contributed by atoms with van der Waals surface area (Å²) in [6, 6.07) is 8.23. The fourth-order valence-electron chi connectivity index (χ4n) is 9.67. The second-order valence-electron chi connectivity index (χ2n) is 18.7. The fraction of sp³-hybridized carbons (Fsp3) is 0.706. The van der Waals surface area contributed by atoms with Crippen molar-refractivity contribution in [3.8, 4) is 0 Å². The first-order valence-electron chi connectivity index (χ1n) is 24.6. The molecule has 2 N–H and O–H groups in total. The Hall–Kier alpha value is -3.17. The van der Waals surface area contributed by atoms with Gasteiger partial charge in [-0.2, -0.15) is 5.10 Å². The number of ether oxygens (including phenoxy) is 1. The molecule has 6 rings (SSSR count). The van der Waals surface area contributed by atoms with Gasteiger partial charge in [0.25, 0.3) is 5.91 Å². The van der Waals surface area contributed by atoms with Gasteiger partial charge in [0.2, 0.25) is 0 Å². The van der Waals surface area contributed by atoms with Crippen LogP contribution in [-0.2, 0) is 11.3 Å². The van der Waals surface area contributed by atoms with E-state index in [0.29, 0.717) is 6.54 Å². The molecular weight excluding hydrogens is 761 g/mol. The van der Waals surface area contributed by atoms with Gasteiger partial charge in [-0.1, -0.05) is 179 Å². The molecule has 0 bridgehead atoms. The highest BCUT2D eigenvalue weighted by Gasteiger charge is 2.40. The van der Waals surface area contributed by atoms with Crippen molar-refractivity contribution < 1.29 is 9.53 Å². The van der Waals surface area contributed by atoms with Gasteiger partial charge in [-0.15, -0.1) is 16.4 Å². The van der Waals surface area contributed by atoms with E-state index in [1.165, 1.54) is 173 Å². The molecule has 330 valence electrons. The van der Waals surface area contributed by atoms with E-state index in [1.807, 2.05) is 19.1 Å². The number of amides is 1. The third-order valence-electron chi connectivity index (χ3n) is 13.7. The number of aromatic nitrogens is 4. The summed E-state index contributed by atoms with van der Waals surface area (Å²) in [7, 11) is 0. The monoisotopic (exact) mass is 839 g/mol. The summed E-state index contributed by atoms with van der Waals surface area (Å²) in [5.41, 5.74) is 4.96. The molecule has 1 aliphatic carbocycles. The zero-order valence-electron chi connectivity index (χ0n) is 37.6. The molecule has 0 radical (unpaired) electrons.